The van der Waals surface area contributed by atoms with Crippen LogP contribution < -0.4 is 10.6 Å². The third-order valence-electron chi connectivity index (χ3n) is 4.57. The van der Waals surface area contributed by atoms with Crippen molar-refractivity contribution >= 4 is 5.91 Å². The summed E-state index contributed by atoms with van der Waals surface area (Å²) in [5.41, 5.74) is 0.872. The van der Waals surface area contributed by atoms with Crippen molar-refractivity contribution in [3.63, 3.8) is 0 Å². The molecule has 3 nitrogen and oxygen atoms in total. The number of hydrogen-bond acceptors (Lipinski definition) is 2. The molecule has 0 radical (unpaired) electrons. The lowest BCUT2D eigenvalue weighted by Crippen LogP contribution is -2.28. The Balaban J connectivity index is 2.12. The van der Waals surface area contributed by atoms with Crippen molar-refractivity contribution in [2.45, 2.75) is 41.0 Å². The van der Waals surface area contributed by atoms with Crippen LogP contribution in [-0.4, -0.2) is 25.5 Å². The molecule has 3 heteroatoms. The average Bonchev–Trinajstić information content (AvgIpc) is 2.54. The van der Waals surface area contributed by atoms with Gasteiger partial charge in [-0.1, -0.05) is 27.7 Å². The summed E-state index contributed by atoms with van der Waals surface area (Å²) < 4.78 is 0. The van der Waals surface area contributed by atoms with E-state index in [-0.39, 0.29) is 5.91 Å². The van der Waals surface area contributed by atoms with Gasteiger partial charge in [-0.25, -0.2) is 0 Å². The molecule has 1 fully saturated rings. The van der Waals surface area contributed by atoms with Gasteiger partial charge in [0.15, 0.2) is 0 Å². The second-order valence-electron chi connectivity index (χ2n) is 5.90. The van der Waals surface area contributed by atoms with E-state index in [0.717, 1.165) is 25.6 Å². The normalized spacial score (nSPS) is 21.8. The minimum absolute atomic E-state index is 0.143. The largest absolute Gasteiger partial charge is 0.356 e. The van der Waals surface area contributed by atoms with Gasteiger partial charge in [0.25, 0.3) is 0 Å². The Kier molecular flexibility index (Phi) is 4.00. The standard InChI is InChI=1S/C13H26N2O/c1-6-15-11(16)7-8-14-9-10-12(2,3)13(10,4)5/h10,14H,6-9H2,1-5H3,(H,15,16). The SMILES string of the molecule is CCNC(=O)CCNCC1C(C)(C)C1(C)C. The summed E-state index contributed by atoms with van der Waals surface area (Å²) in [5.74, 6) is 0.874. The fraction of sp³-hybridized carbons (Fsp3) is 0.923. The predicted octanol–water partition coefficient (Wildman–Crippen LogP) is 1.78. The fourth-order valence-corrected chi connectivity index (χ4v) is 2.58. The highest BCUT2D eigenvalue weighted by Gasteiger charge is 2.63. The molecule has 2 N–H and O–H groups in total. The molecule has 0 bridgehead atoms. The summed E-state index contributed by atoms with van der Waals surface area (Å²) in [4.78, 5) is 11.2. The zero-order valence-corrected chi connectivity index (χ0v) is 11.3. The molecule has 0 aromatic carbocycles. The van der Waals surface area contributed by atoms with Gasteiger partial charge < -0.3 is 10.6 Å². The topological polar surface area (TPSA) is 41.1 Å². The summed E-state index contributed by atoms with van der Waals surface area (Å²) >= 11 is 0. The van der Waals surface area contributed by atoms with Gasteiger partial charge >= 0.3 is 0 Å². The summed E-state index contributed by atoms with van der Waals surface area (Å²) in [5, 5.41) is 6.19. The molecule has 0 spiro atoms. The summed E-state index contributed by atoms with van der Waals surface area (Å²) in [6.07, 6.45) is 0.585. The van der Waals surface area contributed by atoms with Crippen LogP contribution in [0.4, 0.5) is 0 Å². The molecule has 0 atom stereocenters. The van der Waals surface area contributed by atoms with E-state index in [2.05, 4.69) is 38.3 Å². The van der Waals surface area contributed by atoms with Gasteiger partial charge in [-0.2, -0.15) is 0 Å². The molecule has 0 heterocycles. The van der Waals surface area contributed by atoms with Crippen molar-refractivity contribution in [2.75, 3.05) is 19.6 Å². The molecular weight excluding hydrogens is 200 g/mol. The summed E-state index contributed by atoms with van der Waals surface area (Å²) in [7, 11) is 0. The quantitative estimate of drug-likeness (QED) is 0.678. The summed E-state index contributed by atoms with van der Waals surface area (Å²) in [6.45, 7) is 13.8. The molecule has 1 amide bonds. The van der Waals surface area contributed by atoms with Gasteiger partial charge in [0, 0.05) is 19.5 Å². The maximum atomic E-state index is 11.2. The van der Waals surface area contributed by atoms with Crippen molar-refractivity contribution in [3.8, 4) is 0 Å². The van der Waals surface area contributed by atoms with Crippen LogP contribution in [0.1, 0.15) is 41.0 Å². The Labute approximate surface area is 99.4 Å². The van der Waals surface area contributed by atoms with Crippen molar-refractivity contribution in [1.29, 1.82) is 0 Å². The molecule has 1 aliphatic rings. The number of rotatable bonds is 6. The first-order chi connectivity index (χ1) is 7.34. The van der Waals surface area contributed by atoms with Crippen molar-refractivity contribution in [2.24, 2.45) is 16.7 Å². The number of carbonyl (C=O) groups excluding carboxylic acids is 1. The van der Waals surface area contributed by atoms with Gasteiger partial charge in [-0.05, 0) is 30.2 Å². The van der Waals surface area contributed by atoms with Crippen LogP contribution >= 0.6 is 0 Å². The molecule has 16 heavy (non-hydrogen) atoms. The number of nitrogens with one attached hydrogen (secondary N) is 2. The van der Waals surface area contributed by atoms with E-state index < -0.39 is 0 Å². The Bertz CT molecular complexity index is 245. The first-order valence-electron chi connectivity index (χ1n) is 6.31. The van der Waals surface area contributed by atoms with Crippen LogP contribution in [-0.2, 0) is 4.79 Å². The van der Waals surface area contributed by atoms with Gasteiger partial charge in [0.2, 0.25) is 5.91 Å². The highest BCUT2D eigenvalue weighted by Crippen LogP contribution is 2.67. The van der Waals surface area contributed by atoms with Crippen LogP contribution in [0.3, 0.4) is 0 Å². The zero-order valence-electron chi connectivity index (χ0n) is 11.3. The lowest BCUT2D eigenvalue weighted by Gasteiger charge is -2.06. The monoisotopic (exact) mass is 226 g/mol. The maximum Gasteiger partial charge on any atom is 0.221 e. The first-order valence-corrected chi connectivity index (χ1v) is 6.31. The zero-order chi connectivity index (χ0) is 12.4. The molecule has 1 rings (SSSR count). The molecule has 0 aromatic heterocycles. The van der Waals surface area contributed by atoms with Crippen molar-refractivity contribution < 1.29 is 4.79 Å². The van der Waals surface area contributed by atoms with E-state index in [4.69, 9.17) is 0 Å². The first kappa shape index (κ1) is 13.5. The van der Waals surface area contributed by atoms with E-state index in [1.807, 2.05) is 6.92 Å². The molecule has 1 aliphatic carbocycles. The molecule has 0 saturated heterocycles. The molecule has 0 aliphatic heterocycles. The van der Waals surface area contributed by atoms with E-state index in [9.17, 15) is 4.79 Å². The number of amides is 1. The fourth-order valence-electron chi connectivity index (χ4n) is 2.58. The predicted molar refractivity (Wildman–Crippen MR) is 67.2 cm³/mol. The highest BCUT2D eigenvalue weighted by molar-refractivity contribution is 5.75. The molecule has 0 unspecified atom stereocenters. The second kappa shape index (κ2) is 4.74. The van der Waals surface area contributed by atoms with Crippen molar-refractivity contribution in [3.05, 3.63) is 0 Å². The molecule has 1 saturated carbocycles. The van der Waals surface area contributed by atoms with E-state index in [1.165, 1.54) is 0 Å². The lowest BCUT2D eigenvalue weighted by molar-refractivity contribution is -0.120. The van der Waals surface area contributed by atoms with Crippen LogP contribution in [0.15, 0.2) is 0 Å². The Morgan fingerprint density at radius 1 is 1.19 bits per heavy atom. The van der Waals surface area contributed by atoms with E-state index in [1.54, 1.807) is 0 Å². The van der Waals surface area contributed by atoms with Crippen LogP contribution in [0.2, 0.25) is 0 Å². The molecular formula is C13H26N2O. The second-order valence-corrected chi connectivity index (χ2v) is 5.90. The van der Waals surface area contributed by atoms with Gasteiger partial charge in [0.05, 0.1) is 0 Å². The van der Waals surface area contributed by atoms with Crippen LogP contribution in [0.5, 0.6) is 0 Å². The van der Waals surface area contributed by atoms with Crippen LogP contribution in [0.25, 0.3) is 0 Å². The third kappa shape index (κ3) is 2.57. The van der Waals surface area contributed by atoms with E-state index in [0.29, 0.717) is 17.3 Å². The number of carbonyl (C=O) groups is 1. The van der Waals surface area contributed by atoms with Gasteiger partial charge in [-0.15, -0.1) is 0 Å². The lowest BCUT2D eigenvalue weighted by atomic mass is 10.0. The molecule has 0 aromatic rings. The smallest absolute Gasteiger partial charge is 0.221 e. The minimum Gasteiger partial charge on any atom is -0.356 e. The van der Waals surface area contributed by atoms with E-state index >= 15 is 0 Å². The highest BCUT2D eigenvalue weighted by atomic mass is 16.1. The van der Waals surface area contributed by atoms with Gasteiger partial charge in [-0.3, -0.25) is 4.79 Å². The van der Waals surface area contributed by atoms with Gasteiger partial charge in [0.1, 0.15) is 0 Å². The average molecular weight is 226 g/mol. The Hall–Kier alpha value is -0.570. The Morgan fingerprint density at radius 2 is 1.75 bits per heavy atom. The van der Waals surface area contributed by atoms with Crippen molar-refractivity contribution in [1.82, 2.24) is 10.6 Å². The Morgan fingerprint density at radius 3 is 2.19 bits per heavy atom. The summed E-state index contributed by atoms with van der Waals surface area (Å²) in [6, 6.07) is 0. The van der Waals surface area contributed by atoms with Crippen LogP contribution in [0, 0.1) is 16.7 Å². The maximum absolute atomic E-state index is 11.2. The third-order valence-corrected chi connectivity index (χ3v) is 4.57. The minimum atomic E-state index is 0.143. The number of hydrogen-bond donors (Lipinski definition) is 2. The molecule has 94 valence electrons.